The molecule has 0 radical (unpaired) electrons. The summed E-state index contributed by atoms with van der Waals surface area (Å²) in [5.74, 6) is 0.628. The molecule has 0 fully saturated rings. The van der Waals surface area contributed by atoms with Crippen LogP contribution in [0.4, 0.5) is 5.69 Å². The van der Waals surface area contributed by atoms with Gasteiger partial charge in [0.1, 0.15) is 5.52 Å². The van der Waals surface area contributed by atoms with Gasteiger partial charge in [0.25, 0.3) is 0 Å². The largest absolute Gasteiger partial charge is 0.436 e. The molecule has 0 amide bonds. The fourth-order valence-electron chi connectivity index (χ4n) is 7.31. The van der Waals surface area contributed by atoms with Gasteiger partial charge in [0.05, 0.1) is 17.4 Å². The molecule has 1 aliphatic heterocycles. The predicted molar refractivity (Wildman–Crippen MR) is 213 cm³/mol. The van der Waals surface area contributed by atoms with E-state index in [2.05, 4.69) is 161 Å². The molecule has 1 aromatic heterocycles. The highest BCUT2D eigenvalue weighted by Gasteiger charge is 2.36. The van der Waals surface area contributed by atoms with E-state index in [0.29, 0.717) is 5.89 Å². The van der Waals surface area contributed by atoms with Gasteiger partial charge in [0.15, 0.2) is 5.58 Å². The zero-order chi connectivity index (χ0) is 36.2. The Morgan fingerprint density at radius 2 is 1.12 bits per heavy atom. The number of para-hydroxylation sites is 2. The first-order valence-corrected chi connectivity index (χ1v) is 18.1. The first-order valence-electron chi connectivity index (χ1n) is 18.1. The molecule has 0 bridgehead atoms. The normalized spacial score (nSPS) is 16.1. The molecule has 0 saturated heterocycles. The van der Waals surface area contributed by atoms with Crippen LogP contribution in [0, 0.1) is 0 Å². The molecule has 4 aromatic carbocycles. The third kappa shape index (κ3) is 7.08. The summed E-state index contributed by atoms with van der Waals surface area (Å²) in [5.41, 5.74) is 12.8. The van der Waals surface area contributed by atoms with Gasteiger partial charge in [-0.25, -0.2) is 4.98 Å². The van der Waals surface area contributed by atoms with Crippen molar-refractivity contribution in [1.82, 2.24) is 4.98 Å². The summed E-state index contributed by atoms with van der Waals surface area (Å²) in [6.07, 6.45) is 5.41. The van der Waals surface area contributed by atoms with Gasteiger partial charge in [-0.05, 0) is 97.5 Å². The Morgan fingerprint density at radius 1 is 0.600 bits per heavy atom. The Morgan fingerprint density at radius 3 is 1.64 bits per heavy atom. The van der Waals surface area contributed by atoms with Gasteiger partial charge < -0.3 is 4.42 Å². The Bertz CT molecular complexity index is 1970. The number of nitrogens with zero attached hydrogens (tertiary/aromatic N) is 3. The van der Waals surface area contributed by atoms with Gasteiger partial charge in [-0.15, -0.1) is 0 Å². The Labute approximate surface area is 300 Å². The van der Waals surface area contributed by atoms with Gasteiger partial charge in [-0.2, -0.15) is 5.10 Å². The lowest BCUT2D eigenvalue weighted by Crippen LogP contribution is -2.28. The van der Waals surface area contributed by atoms with E-state index >= 15 is 0 Å². The highest BCUT2D eigenvalue weighted by molar-refractivity contribution is 6.01. The third-order valence-corrected chi connectivity index (χ3v) is 9.83. The first kappa shape index (κ1) is 35.4. The first-order chi connectivity index (χ1) is 23.3. The van der Waals surface area contributed by atoms with Crippen LogP contribution >= 0.6 is 0 Å². The van der Waals surface area contributed by atoms with Crippen molar-refractivity contribution in [2.24, 2.45) is 5.10 Å². The molecule has 4 nitrogen and oxygen atoms in total. The molecular formula is C46H55N3O. The maximum absolute atomic E-state index is 6.11. The number of hydrogen-bond donors (Lipinski definition) is 0. The zero-order valence-electron chi connectivity index (χ0n) is 32.3. The van der Waals surface area contributed by atoms with Crippen LogP contribution in [-0.2, 0) is 21.7 Å². The molecule has 6 rings (SSSR count). The molecule has 0 spiro atoms. The average Bonchev–Trinajstić information content (AvgIpc) is 3.66. The standard InChI is InChI=1S/C46H55N3O/c1-43(2,3)34-17-15-18-35(44(4,5)6)33(34)28-25-31-29-39(41-36(45(7,8)9)19-16-20-37(41)46(10,11)12)49(48-31)32-26-23-30(24-27-32)42-47-38-21-13-14-22-40(38)50-42/h13-28,39H,29H2,1-12H3. The lowest BCUT2D eigenvalue weighted by molar-refractivity contribution is 0.536. The van der Waals surface area contributed by atoms with Crippen LogP contribution in [0.1, 0.15) is 129 Å². The van der Waals surface area contributed by atoms with E-state index in [-0.39, 0.29) is 27.7 Å². The van der Waals surface area contributed by atoms with Gasteiger partial charge >= 0.3 is 0 Å². The topological polar surface area (TPSA) is 41.6 Å². The quantitative estimate of drug-likeness (QED) is 0.188. The SMILES string of the molecule is CC(C)(C)c1cccc(C(C)(C)C)c1C=CC1=NN(c2ccc(-c3nc4ccccc4o3)cc2)C(c2c(C(C)(C)C)cccc2C(C)(C)C)C1. The van der Waals surface area contributed by atoms with Crippen LogP contribution in [-0.4, -0.2) is 10.7 Å². The molecule has 1 atom stereocenters. The number of benzene rings is 4. The molecule has 5 aromatic rings. The zero-order valence-corrected chi connectivity index (χ0v) is 32.3. The molecule has 1 aliphatic rings. The van der Waals surface area contributed by atoms with Crippen molar-refractivity contribution in [2.45, 2.75) is 117 Å². The molecule has 1 unspecified atom stereocenters. The molecular weight excluding hydrogens is 611 g/mol. The van der Waals surface area contributed by atoms with Crippen LogP contribution in [0.3, 0.4) is 0 Å². The van der Waals surface area contributed by atoms with Crippen LogP contribution in [0.15, 0.2) is 101 Å². The van der Waals surface area contributed by atoms with E-state index in [9.17, 15) is 0 Å². The maximum Gasteiger partial charge on any atom is 0.227 e. The number of hydrogen-bond acceptors (Lipinski definition) is 4. The Kier molecular flexibility index (Phi) is 9.00. The summed E-state index contributed by atoms with van der Waals surface area (Å²) in [5, 5.41) is 7.68. The highest BCUT2D eigenvalue weighted by Crippen LogP contribution is 2.45. The Balaban J connectivity index is 1.48. The lowest BCUT2D eigenvalue weighted by atomic mass is 9.73. The molecule has 4 heteroatoms. The fourth-order valence-corrected chi connectivity index (χ4v) is 7.31. The van der Waals surface area contributed by atoms with Crippen molar-refractivity contribution >= 4 is 28.6 Å². The number of oxazole rings is 1. The Hall–Kier alpha value is -4.44. The number of fused-ring (bicyclic) bond motifs is 1. The average molecular weight is 666 g/mol. The molecule has 0 N–H and O–H groups in total. The van der Waals surface area contributed by atoms with E-state index in [1.165, 1.54) is 33.4 Å². The second-order valence-electron chi connectivity index (χ2n) is 18.1. The predicted octanol–water partition coefficient (Wildman–Crippen LogP) is 12.7. The third-order valence-electron chi connectivity index (χ3n) is 9.83. The summed E-state index contributed by atoms with van der Waals surface area (Å²) in [7, 11) is 0. The van der Waals surface area contributed by atoms with Gasteiger partial charge in [-0.1, -0.05) is 138 Å². The minimum absolute atomic E-state index is 0.0106. The number of rotatable bonds is 5. The number of allylic oxidation sites excluding steroid dienone is 1. The van der Waals surface area contributed by atoms with Crippen LogP contribution in [0.25, 0.3) is 28.6 Å². The summed E-state index contributed by atoms with van der Waals surface area (Å²) in [6.45, 7) is 27.8. The fraction of sp³-hybridized carbons (Fsp3) is 0.391. The van der Waals surface area contributed by atoms with E-state index in [1.54, 1.807) is 0 Å². The van der Waals surface area contributed by atoms with Crippen molar-refractivity contribution in [2.75, 3.05) is 5.01 Å². The summed E-state index contributed by atoms with van der Waals surface area (Å²) in [6, 6.07) is 30.2. The second kappa shape index (κ2) is 12.7. The van der Waals surface area contributed by atoms with Crippen molar-refractivity contribution in [3.05, 3.63) is 124 Å². The number of anilines is 1. The molecule has 0 aliphatic carbocycles. The highest BCUT2D eigenvalue weighted by atomic mass is 16.3. The number of hydrazone groups is 1. The maximum atomic E-state index is 6.11. The van der Waals surface area contributed by atoms with Crippen molar-refractivity contribution in [1.29, 1.82) is 0 Å². The summed E-state index contributed by atoms with van der Waals surface area (Å²) in [4.78, 5) is 4.75. The van der Waals surface area contributed by atoms with Crippen LogP contribution in [0.2, 0.25) is 0 Å². The smallest absolute Gasteiger partial charge is 0.227 e. The second-order valence-corrected chi connectivity index (χ2v) is 18.1. The minimum atomic E-state index is -0.0368. The van der Waals surface area contributed by atoms with Gasteiger partial charge in [0, 0.05) is 12.0 Å². The van der Waals surface area contributed by atoms with E-state index in [0.717, 1.165) is 34.5 Å². The molecule has 50 heavy (non-hydrogen) atoms. The monoisotopic (exact) mass is 665 g/mol. The molecule has 2 heterocycles. The summed E-state index contributed by atoms with van der Waals surface area (Å²) < 4.78 is 6.11. The summed E-state index contributed by atoms with van der Waals surface area (Å²) >= 11 is 0. The van der Waals surface area contributed by atoms with Crippen molar-refractivity contribution in [3.63, 3.8) is 0 Å². The molecule has 260 valence electrons. The van der Waals surface area contributed by atoms with E-state index in [1.807, 2.05) is 24.3 Å². The van der Waals surface area contributed by atoms with E-state index < -0.39 is 0 Å². The van der Waals surface area contributed by atoms with Crippen LogP contribution in [0.5, 0.6) is 0 Å². The van der Waals surface area contributed by atoms with Crippen molar-refractivity contribution in [3.8, 4) is 11.5 Å². The van der Waals surface area contributed by atoms with Crippen molar-refractivity contribution < 1.29 is 4.42 Å². The van der Waals surface area contributed by atoms with Gasteiger partial charge in [-0.3, -0.25) is 5.01 Å². The van der Waals surface area contributed by atoms with E-state index in [4.69, 9.17) is 14.5 Å². The minimum Gasteiger partial charge on any atom is -0.436 e. The lowest BCUT2D eigenvalue weighted by Gasteiger charge is -2.35. The van der Waals surface area contributed by atoms with Gasteiger partial charge in [0.2, 0.25) is 5.89 Å². The molecule has 0 saturated carbocycles. The van der Waals surface area contributed by atoms with Crippen LogP contribution < -0.4 is 5.01 Å². The number of aromatic nitrogens is 1.